The van der Waals surface area contributed by atoms with Crippen LogP contribution in [-0.2, 0) is 0 Å². The minimum Gasteiger partial charge on any atom is -0.422 e. The van der Waals surface area contributed by atoms with Crippen LogP contribution in [0.15, 0.2) is 51.7 Å². The van der Waals surface area contributed by atoms with Crippen LogP contribution in [0.5, 0.6) is 0 Å². The number of benzene rings is 2. The van der Waals surface area contributed by atoms with Crippen LogP contribution in [0.1, 0.15) is 6.42 Å². The van der Waals surface area contributed by atoms with Crippen molar-refractivity contribution in [3.05, 3.63) is 58.7 Å². The number of rotatable bonds is 2. The van der Waals surface area contributed by atoms with Gasteiger partial charge < -0.3 is 19.6 Å². The molecule has 0 atom stereocenters. The van der Waals surface area contributed by atoms with E-state index in [0.29, 0.717) is 5.82 Å². The molecule has 2 aromatic carbocycles. The van der Waals surface area contributed by atoms with Gasteiger partial charge in [0, 0.05) is 31.4 Å². The van der Waals surface area contributed by atoms with Crippen LogP contribution in [0, 0.1) is 5.82 Å². The van der Waals surface area contributed by atoms with Crippen molar-refractivity contribution in [1.29, 1.82) is 0 Å². The average Bonchev–Trinajstić information content (AvgIpc) is 2.93. The second kappa shape index (κ2) is 6.76. The smallest absolute Gasteiger partial charge is 0.347 e. The standard InChI is InChI=1S/C21H19FN4O2/c22-16-10-13(26-8-3-6-23-7-9-26)11-19-14(16)12-15(21(27)28-19)20-24-17-4-1-2-5-18(17)25-20/h1-2,4-5,10-12,23H,3,6-9H2,(H,24,25). The summed E-state index contributed by atoms with van der Waals surface area (Å²) in [6, 6.07) is 12.2. The van der Waals surface area contributed by atoms with Gasteiger partial charge in [0.1, 0.15) is 22.8 Å². The third-order valence-corrected chi connectivity index (χ3v) is 5.14. The van der Waals surface area contributed by atoms with Gasteiger partial charge in [0.15, 0.2) is 0 Å². The van der Waals surface area contributed by atoms with Crippen LogP contribution >= 0.6 is 0 Å². The van der Waals surface area contributed by atoms with Crippen molar-refractivity contribution >= 4 is 27.7 Å². The average molecular weight is 378 g/mol. The van der Waals surface area contributed by atoms with Gasteiger partial charge in [-0.3, -0.25) is 0 Å². The number of halogens is 1. The highest BCUT2D eigenvalue weighted by molar-refractivity contribution is 5.86. The van der Waals surface area contributed by atoms with Crippen LogP contribution in [-0.4, -0.2) is 36.1 Å². The number of aromatic nitrogens is 2. The summed E-state index contributed by atoms with van der Waals surface area (Å²) in [6.07, 6.45) is 0.981. The molecule has 1 aliphatic rings. The van der Waals surface area contributed by atoms with Crippen molar-refractivity contribution in [3.63, 3.8) is 0 Å². The first-order valence-corrected chi connectivity index (χ1v) is 9.37. The molecule has 0 unspecified atom stereocenters. The fourth-order valence-electron chi connectivity index (χ4n) is 3.69. The highest BCUT2D eigenvalue weighted by Gasteiger charge is 2.17. The summed E-state index contributed by atoms with van der Waals surface area (Å²) in [5.41, 5.74) is 2.20. The van der Waals surface area contributed by atoms with Gasteiger partial charge in [-0.05, 0) is 37.2 Å². The van der Waals surface area contributed by atoms with Gasteiger partial charge >= 0.3 is 5.63 Å². The van der Waals surface area contributed by atoms with Crippen molar-refractivity contribution in [3.8, 4) is 11.4 Å². The summed E-state index contributed by atoms with van der Waals surface area (Å²) in [5, 5.41) is 3.60. The molecular formula is C21H19FN4O2. The molecule has 1 aliphatic heterocycles. The third kappa shape index (κ3) is 2.93. The molecule has 0 amide bonds. The topological polar surface area (TPSA) is 74.2 Å². The summed E-state index contributed by atoms with van der Waals surface area (Å²) in [6.45, 7) is 3.41. The molecule has 0 radical (unpaired) electrons. The third-order valence-electron chi connectivity index (χ3n) is 5.14. The first-order valence-electron chi connectivity index (χ1n) is 9.37. The Bertz CT molecular complexity index is 1190. The van der Waals surface area contributed by atoms with Gasteiger partial charge in [-0.25, -0.2) is 14.2 Å². The molecule has 2 aromatic heterocycles. The van der Waals surface area contributed by atoms with Crippen LogP contribution in [0.25, 0.3) is 33.4 Å². The van der Waals surface area contributed by atoms with Crippen molar-refractivity contribution in [2.45, 2.75) is 6.42 Å². The largest absolute Gasteiger partial charge is 0.422 e. The summed E-state index contributed by atoms with van der Waals surface area (Å²) < 4.78 is 20.4. The first kappa shape index (κ1) is 16.9. The second-order valence-corrected chi connectivity index (χ2v) is 6.98. The highest BCUT2D eigenvalue weighted by atomic mass is 19.1. The molecule has 5 rings (SSSR count). The summed E-state index contributed by atoms with van der Waals surface area (Å²) in [4.78, 5) is 22.2. The van der Waals surface area contributed by atoms with Gasteiger partial charge in [0.05, 0.1) is 16.4 Å². The maximum Gasteiger partial charge on any atom is 0.347 e. The molecule has 0 spiro atoms. The lowest BCUT2D eigenvalue weighted by atomic mass is 10.1. The number of nitrogens with one attached hydrogen (secondary N) is 2. The fraction of sp³-hybridized carbons (Fsp3) is 0.238. The number of H-pyrrole nitrogens is 1. The number of nitrogens with zero attached hydrogens (tertiary/aromatic N) is 2. The van der Waals surface area contributed by atoms with Gasteiger partial charge in [0.2, 0.25) is 0 Å². The van der Waals surface area contributed by atoms with E-state index in [4.69, 9.17) is 4.42 Å². The maximum absolute atomic E-state index is 14.9. The number of anilines is 1. The molecule has 1 saturated heterocycles. The Kier molecular flexibility index (Phi) is 4.09. The van der Waals surface area contributed by atoms with E-state index >= 15 is 0 Å². The van der Waals surface area contributed by atoms with E-state index in [9.17, 15) is 9.18 Å². The highest BCUT2D eigenvalue weighted by Crippen LogP contribution is 2.28. The van der Waals surface area contributed by atoms with Crippen LogP contribution in [0.2, 0.25) is 0 Å². The predicted molar refractivity (Wildman–Crippen MR) is 107 cm³/mol. The molecule has 142 valence electrons. The first-order chi connectivity index (χ1) is 13.7. The molecular weight excluding hydrogens is 359 g/mol. The second-order valence-electron chi connectivity index (χ2n) is 6.98. The lowest BCUT2D eigenvalue weighted by Gasteiger charge is -2.22. The molecule has 0 saturated carbocycles. The quantitative estimate of drug-likeness (QED) is 0.524. The van der Waals surface area contributed by atoms with Crippen molar-refractivity contribution < 1.29 is 8.81 Å². The SMILES string of the molecule is O=c1oc2cc(N3CCCNCC3)cc(F)c2cc1-c1nc2ccccc2[nH]1. The normalized spacial score (nSPS) is 15.2. The summed E-state index contributed by atoms with van der Waals surface area (Å²) >= 11 is 0. The van der Waals surface area contributed by atoms with Gasteiger partial charge in [-0.2, -0.15) is 0 Å². The molecule has 3 heterocycles. The molecule has 0 bridgehead atoms. The van der Waals surface area contributed by atoms with Gasteiger partial charge in [-0.15, -0.1) is 0 Å². The van der Waals surface area contributed by atoms with E-state index in [2.05, 4.69) is 20.2 Å². The zero-order valence-electron chi connectivity index (χ0n) is 15.2. The molecule has 6 nitrogen and oxygen atoms in total. The van der Waals surface area contributed by atoms with Crippen LogP contribution < -0.4 is 15.8 Å². The van der Waals surface area contributed by atoms with E-state index in [1.807, 2.05) is 24.3 Å². The lowest BCUT2D eigenvalue weighted by molar-refractivity contribution is 0.557. The minimum absolute atomic E-state index is 0.217. The molecule has 7 heteroatoms. The van der Waals surface area contributed by atoms with E-state index in [1.165, 1.54) is 12.1 Å². The Labute approximate surface area is 160 Å². The molecule has 28 heavy (non-hydrogen) atoms. The van der Waals surface area contributed by atoms with Crippen molar-refractivity contribution in [2.24, 2.45) is 0 Å². The zero-order chi connectivity index (χ0) is 19.1. The minimum atomic E-state index is -0.541. The number of hydrogen-bond donors (Lipinski definition) is 2. The predicted octanol–water partition coefficient (Wildman–Crippen LogP) is 3.28. The van der Waals surface area contributed by atoms with Crippen molar-refractivity contribution in [2.75, 3.05) is 31.1 Å². The summed E-state index contributed by atoms with van der Waals surface area (Å²) in [5.74, 6) is -0.0373. The van der Waals surface area contributed by atoms with Gasteiger partial charge in [0.25, 0.3) is 0 Å². The maximum atomic E-state index is 14.9. The van der Waals surface area contributed by atoms with Crippen molar-refractivity contribution in [1.82, 2.24) is 15.3 Å². The monoisotopic (exact) mass is 378 g/mol. The molecule has 0 aliphatic carbocycles. The van der Waals surface area contributed by atoms with Crippen LogP contribution in [0.3, 0.4) is 0 Å². The number of hydrogen-bond acceptors (Lipinski definition) is 5. The number of aromatic amines is 1. The number of fused-ring (bicyclic) bond motifs is 2. The summed E-state index contributed by atoms with van der Waals surface area (Å²) in [7, 11) is 0. The Morgan fingerprint density at radius 3 is 2.89 bits per heavy atom. The van der Waals surface area contributed by atoms with Crippen LogP contribution in [0.4, 0.5) is 10.1 Å². The zero-order valence-corrected chi connectivity index (χ0v) is 15.2. The molecule has 1 fully saturated rings. The Balaban J connectivity index is 1.61. The number of para-hydroxylation sites is 2. The molecule has 2 N–H and O–H groups in total. The molecule has 4 aromatic rings. The van der Waals surface area contributed by atoms with Gasteiger partial charge in [-0.1, -0.05) is 12.1 Å². The van der Waals surface area contributed by atoms with E-state index < -0.39 is 11.4 Å². The van der Waals surface area contributed by atoms with E-state index in [1.54, 1.807) is 6.07 Å². The fourth-order valence-corrected chi connectivity index (χ4v) is 3.69. The van der Waals surface area contributed by atoms with E-state index in [0.717, 1.165) is 49.3 Å². The van der Waals surface area contributed by atoms with E-state index in [-0.39, 0.29) is 16.5 Å². The Morgan fingerprint density at radius 2 is 2.00 bits per heavy atom. The Morgan fingerprint density at radius 1 is 1.11 bits per heavy atom. The Hall–Kier alpha value is -3.19. The lowest BCUT2D eigenvalue weighted by Crippen LogP contribution is -2.27. The number of imidazole rings is 1.